The summed E-state index contributed by atoms with van der Waals surface area (Å²) >= 11 is 0. The molecule has 1 aromatic heterocycles. The van der Waals surface area contributed by atoms with Gasteiger partial charge < -0.3 is 28.9 Å². The fourth-order valence-electron chi connectivity index (χ4n) is 2.53. The van der Waals surface area contributed by atoms with E-state index >= 15 is 0 Å². The molecule has 118 valence electrons. The molecule has 2 aromatic carbocycles. The molecule has 2 nitrogen and oxygen atoms in total. The molecule has 0 amide bonds. The highest BCUT2D eigenvalue weighted by Crippen LogP contribution is 2.27. The van der Waals surface area contributed by atoms with E-state index in [9.17, 15) is 0 Å². The minimum absolute atomic E-state index is 0. The van der Waals surface area contributed by atoms with Gasteiger partial charge in [-0.25, -0.2) is 4.57 Å². The van der Waals surface area contributed by atoms with Crippen molar-refractivity contribution in [2.75, 3.05) is 19.0 Å². The van der Waals surface area contributed by atoms with E-state index in [2.05, 4.69) is 104 Å². The zero-order valence-corrected chi connectivity index (χ0v) is 15.9. The Morgan fingerprint density at radius 1 is 0.826 bits per heavy atom. The number of hydrogen-bond acceptors (Lipinski definition) is 1. The van der Waals surface area contributed by atoms with Gasteiger partial charge in [0.2, 0.25) is 5.52 Å². The predicted molar refractivity (Wildman–Crippen MR) is 94.8 cm³/mol. The van der Waals surface area contributed by atoms with Crippen LogP contribution in [0.25, 0.3) is 23.1 Å². The summed E-state index contributed by atoms with van der Waals surface area (Å²) in [5.41, 5.74) is 5.26. The van der Waals surface area contributed by atoms with Crippen LogP contribution in [0.1, 0.15) is 11.1 Å². The fourth-order valence-corrected chi connectivity index (χ4v) is 2.53. The lowest BCUT2D eigenvalue weighted by atomic mass is 9.97. The molecule has 0 saturated carbocycles. The lowest BCUT2D eigenvalue weighted by molar-refractivity contribution is -0.644. The summed E-state index contributed by atoms with van der Waals surface area (Å²) < 4.78 is 2.12. The average molecular weight is 416 g/mol. The highest BCUT2D eigenvalue weighted by Gasteiger charge is 2.05. The van der Waals surface area contributed by atoms with Crippen molar-refractivity contribution in [3.63, 3.8) is 0 Å². The molecule has 0 aliphatic heterocycles. The van der Waals surface area contributed by atoms with Gasteiger partial charge in [-0.1, -0.05) is 30.4 Å². The number of anilines is 1. The van der Waals surface area contributed by atoms with E-state index < -0.39 is 0 Å². The average Bonchev–Trinajstić information content (AvgIpc) is 2.50. The van der Waals surface area contributed by atoms with Gasteiger partial charge in [0.1, 0.15) is 7.05 Å². The van der Waals surface area contributed by atoms with Crippen molar-refractivity contribution in [1.29, 1.82) is 0 Å². The number of hydrogen-bond donors (Lipinski definition) is 0. The summed E-state index contributed by atoms with van der Waals surface area (Å²) in [5, 5.41) is 1.29. The molecule has 23 heavy (non-hydrogen) atoms. The van der Waals surface area contributed by atoms with Crippen molar-refractivity contribution >= 4 is 28.7 Å². The summed E-state index contributed by atoms with van der Waals surface area (Å²) in [6.07, 6.45) is 6.33. The van der Waals surface area contributed by atoms with Gasteiger partial charge >= 0.3 is 0 Å². The molecule has 1 aliphatic carbocycles. The minimum Gasteiger partial charge on any atom is -1.00 e. The molecular formula is C20H21IN2. The van der Waals surface area contributed by atoms with Crippen molar-refractivity contribution in [1.82, 2.24) is 0 Å². The van der Waals surface area contributed by atoms with E-state index in [1.165, 1.54) is 27.7 Å². The molecule has 3 aromatic rings. The van der Waals surface area contributed by atoms with E-state index in [1.54, 1.807) is 0 Å². The number of pyridine rings is 1. The molecule has 3 heteroatoms. The lowest BCUT2D eigenvalue weighted by Crippen LogP contribution is -3.00. The third-order valence-electron chi connectivity index (χ3n) is 3.93. The Morgan fingerprint density at radius 3 is 2.13 bits per heavy atom. The second kappa shape index (κ2) is 7.59. The molecule has 1 aliphatic rings. The van der Waals surface area contributed by atoms with Crippen LogP contribution in [0, 0.1) is 0 Å². The summed E-state index contributed by atoms with van der Waals surface area (Å²) in [6, 6.07) is 19.0. The summed E-state index contributed by atoms with van der Waals surface area (Å²) in [6.45, 7) is 0. The van der Waals surface area contributed by atoms with Gasteiger partial charge in [-0.05, 0) is 35.4 Å². The van der Waals surface area contributed by atoms with Gasteiger partial charge in [0.25, 0.3) is 0 Å². The highest BCUT2D eigenvalue weighted by atomic mass is 127. The maximum atomic E-state index is 2.20. The molecule has 0 bridgehead atoms. The number of rotatable bonds is 1. The summed E-state index contributed by atoms with van der Waals surface area (Å²) in [7, 11) is 6.18. The van der Waals surface area contributed by atoms with Crippen LogP contribution < -0.4 is 33.4 Å². The third kappa shape index (κ3) is 3.91. The van der Waals surface area contributed by atoms with Gasteiger partial charge in [0.15, 0.2) is 6.20 Å². The van der Waals surface area contributed by atoms with E-state index in [4.69, 9.17) is 0 Å². The number of para-hydroxylation sites is 1. The van der Waals surface area contributed by atoms with Gasteiger partial charge in [0, 0.05) is 37.3 Å². The van der Waals surface area contributed by atoms with E-state index in [0.29, 0.717) is 0 Å². The topological polar surface area (TPSA) is 7.12 Å². The van der Waals surface area contributed by atoms with Crippen LogP contribution in [-0.4, -0.2) is 14.1 Å². The number of nitrogens with zero attached hydrogens (tertiary/aromatic N) is 2. The van der Waals surface area contributed by atoms with Crippen molar-refractivity contribution in [2.24, 2.45) is 7.05 Å². The molecule has 0 fully saturated rings. The van der Waals surface area contributed by atoms with E-state index in [1.807, 2.05) is 0 Å². The predicted octanol–water partition coefficient (Wildman–Crippen LogP) is 0.905. The highest BCUT2D eigenvalue weighted by molar-refractivity contribution is 5.87. The third-order valence-corrected chi connectivity index (χ3v) is 3.93. The monoisotopic (exact) mass is 416 g/mol. The maximum Gasteiger partial charge on any atom is 0.212 e. The molecule has 0 atom stereocenters. The van der Waals surface area contributed by atoms with Gasteiger partial charge in [-0.3, -0.25) is 0 Å². The van der Waals surface area contributed by atoms with Crippen LogP contribution in [0.2, 0.25) is 0 Å². The number of fused-ring (bicyclic) bond motifs is 2. The second-order valence-electron chi connectivity index (χ2n) is 5.72. The second-order valence-corrected chi connectivity index (χ2v) is 5.72. The first-order valence-electron chi connectivity index (χ1n) is 7.48. The van der Waals surface area contributed by atoms with Crippen molar-refractivity contribution in [3.8, 4) is 0 Å². The number of halogens is 1. The van der Waals surface area contributed by atoms with Gasteiger partial charge in [0.05, 0.1) is 0 Å². The molecule has 0 unspecified atom stereocenters. The van der Waals surface area contributed by atoms with Crippen LogP contribution in [0.3, 0.4) is 0 Å². The Labute approximate surface area is 155 Å². The lowest BCUT2D eigenvalue weighted by Gasteiger charge is -2.17. The van der Waals surface area contributed by atoms with Crippen molar-refractivity contribution in [2.45, 2.75) is 0 Å². The van der Waals surface area contributed by atoms with E-state index in [-0.39, 0.29) is 24.0 Å². The molecule has 0 saturated heterocycles. The van der Waals surface area contributed by atoms with Crippen LogP contribution >= 0.6 is 0 Å². The smallest absolute Gasteiger partial charge is 0.212 e. The Hall–Kier alpha value is -1.88. The Kier molecular flexibility index (Phi) is 5.77. The molecular weight excluding hydrogens is 395 g/mol. The number of aryl methyl sites for hydroxylation is 1. The molecule has 4 rings (SSSR count). The first-order chi connectivity index (χ1) is 10.6. The molecule has 1 heterocycles. The van der Waals surface area contributed by atoms with Gasteiger partial charge in [-0.15, -0.1) is 0 Å². The molecule has 0 N–H and O–H groups in total. The minimum atomic E-state index is 0. The summed E-state index contributed by atoms with van der Waals surface area (Å²) in [4.78, 5) is 2.12. The van der Waals surface area contributed by atoms with Crippen molar-refractivity contribution < 1.29 is 28.5 Å². The van der Waals surface area contributed by atoms with Crippen LogP contribution in [0.15, 0.2) is 60.8 Å². The number of aromatic nitrogens is 1. The van der Waals surface area contributed by atoms with Crippen LogP contribution in [0.4, 0.5) is 5.69 Å². The maximum absolute atomic E-state index is 2.20. The fraction of sp³-hybridized carbons (Fsp3) is 0.150. The summed E-state index contributed by atoms with van der Waals surface area (Å²) in [5.74, 6) is 0. The van der Waals surface area contributed by atoms with Crippen molar-refractivity contribution in [3.05, 3.63) is 71.9 Å². The first kappa shape index (κ1) is 17.5. The van der Waals surface area contributed by atoms with Gasteiger partial charge in [-0.2, -0.15) is 0 Å². The van der Waals surface area contributed by atoms with Crippen LogP contribution in [-0.2, 0) is 7.05 Å². The zero-order valence-electron chi connectivity index (χ0n) is 13.7. The molecule has 0 radical (unpaired) electrons. The van der Waals surface area contributed by atoms with E-state index in [0.717, 1.165) is 0 Å². The Bertz CT molecular complexity index is 833. The Balaban J connectivity index is 0.000000160. The largest absolute Gasteiger partial charge is 1.00 e. The first-order valence-corrected chi connectivity index (χ1v) is 7.48. The Morgan fingerprint density at radius 2 is 1.52 bits per heavy atom. The number of benzene rings is 2. The van der Waals surface area contributed by atoms with Crippen LogP contribution in [0.5, 0.6) is 0 Å². The SMILES string of the molecule is CN(C)c1ccc2c(c1)C=C2.C[n+]1cccc2ccccc21.[I-]. The quantitative estimate of drug-likeness (QED) is 0.331. The standard InChI is InChI=1S/C10H11N.C10H10N.HI/c1-11(2)10-6-5-8-3-4-9(8)7-10;1-11-8-4-6-9-5-2-3-7-10(9)11;/h3-7H,1-2H3;2-8H,1H3;1H/q;+1;/p-1. The normalized spacial score (nSPS) is 10.7. The molecule has 0 spiro atoms. The zero-order chi connectivity index (χ0) is 15.5.